The van der Waals surface area contributed by atoms with Crippen molar-refractivity contribution in [3.8, 4) is 5.69 Å². The predicted octanol–water partition coefficient (Wildman–Crippen LogP) is 1.91. The van der Waals surface area contributed by atoms with E-state index in [4.69, 9.17) is 4.42 Å². The highest BCUT2D eigenvalue weighted by Gasteiger charge is 2.38. The number of benzene rings is 1. The number of likely N-dealkylation sites (tertiary alicyclic amines) is 1. The lowest BCUT2D eigenvalue weighted by Crippen LogP contribution is -2.39. The fourth-order valence-electron chi connectivity index (χ4n) is 3.61. The highest BCUT2D eigenvalue weighted by atomic mass is 16.3. The molecule has 0 radical (unpaired) electrons. The minimum absolute atomic E-state index is 0.0714. The Morgan fingerprint density at radius 2 is 1.79 bits per heavy atom. The molecule has 1 saturated heterocycles. The Morgan fingerprint density at radius 3 is 2.39 bits per heavy atom. The van der Waals surface area contributed by atoms with Crippen molar-refractivity contribution in [2.45, 2.75) is 25.8 Å². The number of amides is 2. The van der Waals surface area contributed by atoms with Gasteiger partial charge in [-0.15, -0.1) is 10.2 Å². The van der Waals surface area contributed by atoms with Gasteiger partial charge in [0.2, 0.25) is 5.91 Å². The van der Waals surface area contributed by atoms with Gasteiger partial charge >= 0.3 is 0 Å². The SMILES string of the molecule is CC(=O)NC1CN(C(=O)c2ccc(-n3cnnc3)cc2)CC1c1ccc(C)o1. The maximum atomic E-state index is 13.0. The third-order valence-electron chi connectivity index (χ3n) is 4.95. The maximum absolute atomic E-state index is 13.0. The second-order valence-corrected chi connectivity index (χ2v) is 6.99. The minimum Gasteiger partial charge on any atom is -0.466 e. The fourth-order valence-corrected chi connectivity index (χ4v) is 3.61. The molecular weight excluding hydrogens is 358 g/mol. The van der Waals surface area contributed by atoms with E-state index in [0.717, 1.165) is 17.2 Å². The zero-order valence-electron chi connectivity index (χ0n) is 15.7. The van der Waals surface area contributed by atoms with E-state index in [1.807, 2.05) is 31.2 Å². The van der Waals surface area contributed by atoms with Gasteiger partial charge in [0.1, 0.15) is 24.2 Å². The summed E-state index contributed by atoms with van der Waals surface area (Å²) in [6.07, 6.45) is 3.20. The molecule has 3 heterocycles. The van der Waals surface area contributed by atoms with Crippen LogP contribution in [0.2, 0.25) is 0 Å². The number of nitrogens with zero attached hydrogens (tertiary/aromatic N) is 4. The normalized spacial score (nSPS) is 19.0. The Kier molecular flexibility index (Phi) is 4.68. The lowest BCUT2D eigenvalue weighted by atomic mass is 10.0. The first-order chi connectivity index (χ1) is 13.5. The van der Waals surface area contributed by atoms with Gasteiger partial charge in [0, 0.05) is 31.3 Å². The number of carbonyl (C=O) groups excluding carboxylic acids is 2. The minimum atomic E-state index is -0.178. The smallest absolute Gasteiger partial charge is 0.253 e. The van der Waals surface area contributed by atoms with Crippen molar-refractivity contribution < 1.29 is 14.0 Å². The molecule has 0 saturated carbocycles. The molecule has 1 aliphatic heterocycles. The van der Waals surface area contributed by atoms with Gasteiger partial charge in [-0.3, -0.25) is 14.2 Å². The number of hydrogen-bond acceptors (Lipinski definition) is 5. The molecule has 0 spiro atoms. The molecule has 0 bridgehead atoms. The Balaban J connectivity index is 1.53. The van der Waals surface area contributed by atoms with Crippen LogP contribution < -0.4 is 5.32 Å². The lowest BCUT2D eigenvalue weighted by molar-refractivity contribution is -0.119. The molecule has 1 fully saturated rings. The quantitative estimate of drug-likeness (QED) is 0.747. The average molecular weight is 379 g/mol. The van der Waals surface area contributed by atoms with Gasteiger partial charge in [0.25, 0.3) is 5.91 Å². The third kappa shape index (κ3) is 3.53. The van der Waals surface area contributed by atoms with Crippen molar-refractivity contribution in [3.63, 3.8) is 0 Å². The molecule has 8 heteroatoms. The lowest BCUT2D eigenvalue weighted by Gasteiger charge is -2.17. The first-order valence-electron chi connectivity index (χ1n) is 9.09. The van der Waals surface area contributed by atoms with Crippen LogP contribution in [0.15, 0.2) is 53.5 Å². The molecule has 28 heavy (non-hydrogen) atoms. The number of hydrogen-bond donors (Lipinski definition) is 1. The molecule has 2 aromatic heterocycles. The van der Waals surface area contributed by atoms with Crippen LogP contribution in [0.3, 0.4) is 0 Å². The number of carbonyl (C=O) groups is 2. The molecule has 3 aromatic rings. The molecule has 1 aromatic carbocycles. The first-order valence-corrected chi connectivity index (χ1v) is 9.09. The van der Waals surface area contributed by atoms with E-state index in [1.54, 1.807) is 34.3 Å². The van der Waals surface area contributed by atoms with Crippen molar-refractivity contribution in [3.05, 3.63) is 66.1 Å². The van der Waals surface area contributed by atoms with Crippen molar-refractivity contribution in [1.82, 2.24) is 25.0 Å². The van der Waals surface area contributed by atoms with Gasteiger partial charge in [0.15, 0.2) is 0 Å². The van der Waals surface area contributed by atoms with E-state index >= 15 is 0 Å². The van der Waals surface area contributed by atoms with E-state index in [0.29, 0.717) is 18.7 Å². The number of aromatic nitrogens is 3. The molecule has 8 nitrogen and oxygen atoms in total. The van der Waals surface area contributed by atoms with E-state index in [2.05, 4.69) is 15.5 Å². The monoisotopic (exact) mass is 379 g/mol. The summed E-state index contributed by atoms with van der Waals surface area (Å²) in [6.45, 7) is 4.30. The van der Waals surface area contributed by atoms with Crippen LogP contribution in [0.25, 0.3) is 5.69 Å². The molecule has 2 unspecified atom stereocenters. The summed E-state index contributed by atoms with van der Waals surface area (Å²) < 4.78 is 7.54. The Hall–Kier alpha value is -3.42. The van der Waals surface area contributed by atoms with Gasteiger partial charge in [-0.2, -0.15) is 0 Å². The maximum Gasteiger partial charge on any atom is 0.253 e. The second kappa shape index (κ2) is 7.30. The molecule has 144 valence electrons. The van der Waals surface area contributed by atoms with Gasteiger partial charge in [-0.1, -0.05) is 0 Å². The summed E-state index contributed by atoms with van der Waals surface area (Å²) in [5.41, 5.74) is 1.47. The van der Waals surface area contributed by atoms with E-state index in [9.17, 15) is 9.59 Å². The Bertz CT molecular complexity index is 978. The summed E-state index contributed by atoms with van der Waals surface area (Å²) in [4.78, 5) is 26.4. The standard InChI is InChI=1S/C20H21N5O3/c1-13-3-8-19(28-13)17-9-24(10-18(17)23-14(2)26)20(27)15-4-6-16(7-5-15)25-11-21-22-12-25/h3-8,11-12,17-18H,9-10H2,1-2H3,(H,23,26). The van der Waals surface area contributed by atoms with Crippen LogP contribution in [0.5, 0.6) is 0 Å². The average Bonchev–Trinajstić information content (AvgIpc) is 3.41. The van der Waals surface area contributed by atoms with Gasteiger partial charge < -0.3 is 14.6 Å². The van der Waals surface area contributed by atoms with Crippen LogP contribution in [-0.2, 0) is 4.79 Å². The van der Waals surface area contributed by atoms with Crippen molar-refractivity contribution in [2.24, 2.45) is 0 Å². The second-order valence-electron chi connectivity index (χ2n) is 6.99. The summed E-state index contributed by atoms with van der Waals surface area (Å²) in [5, 5.41) is 10.5. The van der Waals surface area contributed by atoms with Crippen molar-refractivity contribution >= 4 is 11.8 Å². The summed E-state index contributed by atoms with van der Waals surface area (Å²) >= 11 is 0. The van der Waals surface area contributed by atoms with Crippen LogP contribution in [0.1, 0.15) is 34.7 Å². The van der Waals surface area contributed by atoms with E-state index in [-0.39, 0.29) is 23.8 Å². The molecule has 1 N–H and O–H groups in total. The zero-order valence-corrected chi connectivity index (χ0v) is 15.7. The summed E-state index contributed by atoms with van der Waals surface area (Å²) in [5.74, 6) is 1.33. The zero-order chi connectivity index (χ0) is 19.7. The van der Waals surface area contributed by atoms with Gasteiger partial charge in [-0.05, 0) is 43.3 Å². The largest absolute Gasteiger partial charge is 0.466 e. The number of nitrogens with one attached hydrogen (secondary N) is 1. The van der Waals surface area contributed by atoms with Gasteiger partial charge in [-0.25, -0.2) is 0 Å². The van der Waals surface area contributed by atoms with Crippen LogP contribution in [-0.4, -0.2) is 50.6 Å². The molecule has 4 rings (SSSR count). The molecule has 0 aliphatic carbocycles. The van der Waals surface area contributed by atoms with Crippen LogP contribution in [0.4, 0.5) is 0 Å². The Morgan fingerprint density at radius 1 is 1.07 bits per heavy atom. The third-order valence-corrected chi connectivity index (χ3v) is 4.95. The van der Waals surface area contributed by atoms with Crippen molar-refractivity contribution in [1.29, 1.82) is 0 Å². The predicted molar refractivity (Wildman–Crippen MR) is 101 cm³/mol. The van der Waals surface area contributed by atoms with E-state index in [1.165, 1.54) is 6.92 Å². The fraction of sp³-hybridized carbons (Fsp3) is 0.300. The highest BCUT2D eigenvalue weighted by Crippen LogP contribution is 2.30. The Labute approximate surface area is 162 Å². The highest BCUT2D eigenvalue weighted by molar-refractivity contribution is 5.94. The van der Waals surface area contributed by atoms with Crippen LogP contribution >= 0.6 is 0 Å². The van der Waals surface area contributed by atoms with Gasteiger partial charge in [0.05, 0.1) is 12.0 Å². The molecular formula is C20H21N5O3. The van der Waals surface area contributed by atoms with Crippen LogP contribution in [0, 0.1) is 6.92 Å². The topological polar surface area (TPSA) is 93.3 Å². The summed E-state index contributed by atoms with van der Waals surface area (Å²) in [6, 6.07) is 10.9. The molecule has 1 aliphatic rings. The van der Waals surface area contributed by atoms with E-state index < -0.39 is 0 Å². The van der Waals surface area contributed by atoms with Crippen molar-refractivity contribution in [2.75, 3.05) is 13.1 Å². The number of aryl methyl sites for hydroxylation is 1. The summed E-state index contributed by atoms with van der Waals surface area (Å²) in [7, 11) is 0. The molecule has 2 amide bonds. The number of furan rings is 1. The first kappa shape index (κ1) is 18.0. The number of rotatable bonds is 4. The molecule has 2 atom stereocenters.